The van der Waals surface area contributed by atoms with E-state index in [1.54, 1.807) is 0 Å². The molecule has 0 aliphatic heterocycles. The van der Waals surface area contributed by atoms with Crippen LogP contribution in [0.2, 0.25) is 5.02 Å². The van der Waals surface area contributed by atoms with Gasteiger partial charge in [-0.15, -0.1) is 0 Å². The highest BCUT2D eigenvalue weighted by Crippen LogP contribution is 2.16. The minimum Gasteiger partial charge on any atom is -0.493 e. The number of ketones is 1. The van der Waals surface area contributed by atoms with Gasteiger partial charge in [0.2, 0.25) is 0 Å². The number of hydrogen-bond acceptors (Lipinski definition) is 2. The first-order valence-electron chi connectivity index (χ1n) is 7.69. The van der Waals surface area contributed by atoms with Gasteiger partial charge in [0, 0.05) is 23.4 Å². The molecule has 0 fully saturated rings. The van der Waals surface area contributed by atoms with E-state index in [1.165, 1.54) is 0 Å². The second-order valence-electron chi connectivity index (χ2n) is 5.28. The Hall–Kier alpha value is -1.80. The fourth-order valence-corrected chi connectivity index (χ4v) is 2.41. The van der Waals surface area contributed by atoms with E-state index in [2.05, 4.69) is 6.92 Å². The van der Waals surface area contributed by atoms with E-state index in [0.717, 1.165) is 41.2 Å². The molecule has 3 heteroatoms. The van der Waals surface area contributed by atoms with E-state index in [0.29, 0.717) is 13.0 Å². The highest BCUT2D eigenvalue weighted by atomic mass is 35.5. The number of carbonyl (C=O) groups is 1. The molecule has 0 aromatic heterocycles. The maximum atomic E-state index is 11.9. The van der Waals surface area contributed by atoms with Crippen LogP contribution >= 0.6 is 11.6 Å². The van der Waals surface area contributed by atoms with Gasteiger partial charge in [-0.05, 0) is 48.4 Å². The van der Waals surface area contributed by atoms with Gasteiger partial charge < -0.3 is 4.74 Å². The van der Waals surface area contributed by atoms with Gasteiger partial charge in [0.05, 0.1) is 6.61 Å². The lowest BCUT2D eigenvalue weighted by molar-refractivity contribution is 0.0979. The molecule has 0 atom stereocenters. The van der Waals surface area contributed by atoms with Crippen LogP contribution in [0.5, 0.6) is 5.75 Å². The van der Waals surface area contributed by atoms with Crippen LogP contribution in [-0.4, -0.2) is 12.4 Å². The highest BCUT2D eigenvalue weighted by molar-refractivity contribution is 6.30. The average molecular weight is 317 g/mol. The summed E-state index contributed by atoms with van der Waals surface area (Å²) in [6.07, 6.45) is 3.40. The van der Waals surface area contributed by atoms with Crippen molar-refractivity contribution in [2.45, 2.75) is 32.6 Å². The molecule has 2 rings (SSSR count). The standard InChI is InChI=1S/C19H21ClO2/c1-2-3-7-19(21)16-8-10-18(11-9-16)22-13-12-15-5-4-6-17(20)14-15/h4-6,8-11,14H,2-3,7,12-13H2,1H3. The van der Waals surface area contributed by atoms with Crippen LogP contribution < -0.4 is 4.74 Å². The molecule has 0 bridgehead atoms. The fourth-order valence-electron chi connectivity index (χ4n) is 2.20. The Morgan fingerprint density at radius 1 is 1.14 bits per heavy atom. The molecule has 0 amide bonds. The third-order valence-corrected chi connectivity index (χ3v) is 3.72. The molecule has 0 radical (unpaired) electrons. The van der Waals surface area contributed by atoms with E-state index in [9.17, 15) is 4.79 Å². The molecule has 0 aliphatic rings. The third kappa shape index (κ3) is 5.19. The second kappa shape index (κ2) is 8.60. The summed E-state index contributed by atoms with van der Waals surface area (Å²) < 4.78 is 5.71. The lowest BCUT2D eigenvalue weighted by atomic mass is 10.1. The smallest absolute Gasteiger partial charge is 0.162 e. The molecule has 0 aliphatic carbocycles. The van der Waals surface area contributed by atoms with Crippen molar-refractivity contribution in [1.82, 2.24) is 0 Å². The molecule has 2 aromatic rings. The van der Waals surface area contributed by atoms with Crippen LogP contribution in [-0.2, 0) is 6.42 Å². The molecule has 0 heterocycles. The summed E-state index contributed by atoms with van der Waals surface area (Å²) in [6, 6.07) is 15.2. The van der Waals surface area contributed by atoms with Gasteiger partial charge in [-0.2, -0.15) is 0 Å². The number of halogens is 1. The van der Waals surface area contributed by atoms with Crippen molar-refractivity contribution in [3.63, 3.8) is 0 Å². The average Bonchev–Trinajstić information content (AvgIpc) is 2.53. The second-order valence-corrected chi connectivity index (χ2v) is 5.72. The van der Waals surface area contributed by atoms with Crippen LogP contribution in [0.25, 0.3) is 0 Å². The molecule has 0 saturated carbocycles. The Balaban J connectivity index is 1.82. The van der Waals surface area contributed by atoms with Crippen LogP contribution in [0, 0.1) is 0 Å². The van der Waals surface area contributed by atoms with Crippen LogP contribution in [0.1, 0.15) is 42.1 Å². The maximum absolute atomic E-state index is 11.9. The maximum Gasteiger partial charge on any atom is 0.162 e. The Bertz CT molecular complexity index is 605. The van der Waals surface area contributed by atoms with Crippen LogP contribution in [0.4, 0.5) is 0 Å². The largest absolute Gasteiger partial charge is 0.493 e. The Labute approximate surface area is 137 Å². The normalized spacial score (nSPS) is 10.5. The molecule has 22 heavy (non-hydrogen) atoms. The summed E-state index contributed by atoms with van der Waals surface area (Å²) in [4.78, 5) is 11.9. The molecule has 0 spiro atoms. The van der Waals surface area contributed by atoms with Gasteiger partial charge in [0.15, 0.2) is 5.78 Å². The molecular weight excluding hydrogens is 296 g/mol. The van der Waals surface area contributed by atoms with E-state index in [-0.39, 0.29) is 5.78 Å². The number of carbonyl (C=O) groups excluding carboxylic acids is 1. The Morgan fingerprint density at radius 2 is 1.91 bits per heavy atom. The first kappa shape index (κ1) is 16.6. The number of Topliss-reactive ketones (excluding diaryl/α,β-unsaturated/α-hetero) is 1. The van der Waals surface area contributed by atoms with E-state index >= 15 is 0 Å². The number of ether oxygens (including phenoxy) is 1. The first-order valence-corrected chi connectivity index (χ1v) is 8.07. The van der Waals surface area contributed by atoms with E-state index < -0.39 is 0 Å². The third-order valence-electron chi connectivity index (χ3n) is 3.48. The van der Waals surface area contributed by atoms with Gasteiger partial charge in [-0.1, -0.05) is 37.1 Å². The lowest BCUT2D eigenvalue weighted by Crippen LogP contribution is -2.02. The molecule has 0 unspecified atom stereocenters. The number of hydrogen-bond donors (Lipinski definition) is 0. The summed E-state index contributed by atoms with van der Waals surface area (Å²) in [5, 5.41) is 0.743. The summed E-state index contributed by atoms with van der Waals surface area (Å²) in [5.41, 5.74) is 1.91. The zero-order chi connectivity index (χ0) is 15.8. The van der Waals surface area contributed by atoms with Crippen LogP contribution in [0.15, 0.2) is 48.5 Å². The van der Waals surface area contributed by atoms with Crippen molar-refractivity contribution in [1.29, 1.82) is 0 Å². The molecular formula is C19H21ClO2. The summed E-state index contributed by atoms with van der Waals surface area (Å²) in [6.45, 7) is 2.67. The number of benzene rings is 2. The topological polar surface area (TPSA) is 26.3 Å². The highest BCUT2D eigenvalue weighted by Gasteiger charge is 2.05. The number of rotatable bonds is 8. The minimum atomic E-state index is 0.201. The number of unbranched alkanes of at least 4 members (excludes halogenated alkanes) is 1. The van der Waals surface area contributed by atoms with E-state index in [1.807, 2.05) is 48.5 Å². The quantitative estimate of drug-likeness (QED) is 0.615. The van der Waals surface area contributed by atoms with Gasteiger partial charge in [-0.3, -0.25) is 4.79 Å². The Kier molecular flexibility index (Phi) is 6.47. The summed E-state index contributed by atoms with van der Waals surface area (Å²) >= 11 is 5.95. The molecule has 2 nitrogen and oxygen atoms in total. The fraction of sp³-hybridized carbons (Fsp3) is 0.316. The zero-order valence-electron chi connectivity index (χ0n) is 12.8. The van der Waals surface area contributed by atoms with Crippen molar-refractivity contribution in [3.05, 3.63) is 64.7 Å². The Morgan fingerprint density at radius 3 is 2.59 bits per heavy atom. The van der Waals surface area contributed by atoms with Gasteiger partial charge in [0.1, 0.15) is 5.75 Å². The molecule has 116 valence electrons. The van der Waals surface area contributed by atoms with Gasteiger partial charge in [-0.25, -0.2) is 0 Å². The first-order chi connectivity index (χ1) is 10.7. The van der Waals surface area contributed by atoms with Crippen LogP contribution in [0.3, 0.4) is 0 Å². The lowest BCUT2D eigenvalue weighted by Gasteiger charge is -2.07. The molecule has 0 N–H and O–H groups in total. The van der Waals surface area contributed by atoms with Crippen molar-refractivity contribution < 1.29 is 9.53 Å². The monoisotopic (exact) mass is 316 g/mol. The molecule has 2 aromatic carbocycles. The van der Waals surface area contributed by atoms with Crippen molar-refractivity contribution in [3.8, 4) is 5.75 Å². The predicted octanol–water partition coefficient (Wildman–Crippen LogP) is 5.33. The summed E-state index contributed by atoms with van der Waals surface area (Å²) in [7, 11) is 0. The summed E-state index contributed by atoms with van der Waals surface area (Å²) in [5.74, 6) is 0.987. The molecule has 0 saturated heterocycles. The van der Waals surface area contributed by atoms with Crippen molar-refractivity contribution in [2.75, 3.05) is 6.61 Å². The zero-order valence-corrected chi connectivity index (χ0v) is 13.6. The van der Waals surface area contributed by atoms with E-state index in [4.69, 9.17) is 16.3 Å². The minimum absolute atomic E-state index is 0.201. The SMILES string of the molecule is CCCCC(=O)c1ccc(OCCc2cccc(Cl)c2)cc1. The predicted molar refractivity (Wildman–Crippen MR) is 90.9 cm³/mol. The van der Waals surface area contributed by atoms with Gasteiger partial charge in [0.25, 0.3) is 0 Å². The van der Waals surface area contributed by atoms with Gasteiger partial charge >= 0.3 is 0 Å². The van der Waals surface area contributed by atoms with Crippen molar-refractivity contribution in [2.24, 2.45) is 0 Å². The van der Waals surface area contributed by atoms with Crippen molar-refractivity contribution >= 4 is 17.4 Å².